The normalized spacial score (nSPS) is 24.8. The molecule has 0 bridgehead atoms. The number of hydrogen-bond donors (Lipinski definition) is 2. The summed E-state index contributed by atoms with van der Waals surface area (Å²) in [6.07, 6.45) is 5.26. The van der Waals surface area contributed by atoms with Crippen molar-refractivity contribution < 1.29 is 14.6 Å². The molecule has 2 fully saturated rings. The second-order valence-corrected chi connectivity index (χ2v) is 7.61. The maximum atomic E-state index is 12.3. The molecule has 5 heteroatoms. The molecule has 1 unspecified atom stereocenters. The van der Waals surface area contributed by atoms with Gasteiger partial charge in [-0.2, -0.15) is 0 Å². The van der Waals surface area contributed by atoms with E-state index >= 15 is 0 Å². The first-order valence-corrected chi connectivity index (χ1v) is 8.16. The topological polar surface area (TPSA) is 61.8 Å². The molecule has 1 aliphatic heterocycles. The highest BCUT2D eigenvalue weighted by Crippen LogP contribution is 2.44. The Labute approximate surface area is 128 Å². The number of nitrogens with one attached hydrogen (secondary N) is 1. The minimum Gasteiger partial charge on any atom is -0.444 e. The van der Waals surface area contributed by atoms with Gasteiger partial charge < -0.3 is 20.1 Å². The summed E-state index contributed by atoms with van der Waals surface area (Å²) in [5, 5.41) is 12.8. The van der Waals surface area contributed by atoms with Crippen molar-refractivity contribution in [3.05, 3.63) is 0 Å². The standard InChI is InChI=1S/C16H30N2O3/c1-15(2,3)21-14(20)18-9-5-4-6-13(18)10-17-11-16(12-19)7-8-16/h13,17,19H,4-12H2,1-3H3. The molecule has 5 nitrogen and oxygen atoms in total. The van der Waals surface area contributed by atoms with Crippen LogP contribution in [-0.2, 0) is 4.74 Å². The van der Waals surface area contributed by atoms with Crippen LogP contribution in [0, 0.1) is 5.41 Å². The van der Waals surface area contributed by atoms with Crippen molar-refractivity contribution >= 4 is 6.09 Å². The van der Waals surface area contributed by atoms with Crippen molar-refractivity contribution in [2.45, 2.75) is 64.5 Å². The highest BCUT2D eigenvalue weighted by atomic mass is 16.6. The fourth-order valence-electron chi connectivity index (χ4n) is 2.85. The minimum absolute atomic E-state index is 0.116. The summed E-state index contributed by atoms with van der Waals surface area (Å²) in [6, 6.07) is 0.211. The number of piperidine rings is 1. The fraction of sp³-hybridized carbons (Fsp3) is 0.938. The highest BCUT2D eigenvalue weighted by Gasteiger charge is 2.41. The molecule has 1 saturated carbocycles. The van der Waals surface area contributed by atoms with Gasteiger partial charge in [0.2, 0.25) is 0 Å². The zero-order valence-electron chi connectivity index (χ0n) is 13.7. The average Bonchev–Trinajstić information content (AvgIpc) is 3.18. The van der Waals surface area contributed by atoms with Crippen LogP contribution in [-0.4, -0.2) is 54.0 Å². The fourth-order valence-corrected chi connectivity index (χ4v) is 2.85. The van der Waals surface area contributed by atoms with Gasteiger partial charge in [0, 0.05) is 37.7 Å². The van der Waals surface area contributed by atoms with Crippen molar-refractivity contribution in [3.63, 3.8) is 0 Å². The number of ether oxygens (including phenoxy) is 1. The van der Waals surface area contributed by atoms with Crippen molar-refractivity contribution in [2.75, 3.05) is 26.2 Å². The van der Waals surface area contributed by atoms with Crippen LogP contribution >= 0.6 is 0 Å². The smallest absolute Gasteiger partial charge is 0.410 e. The van der Waals surface area contributed by atoms with Crippen LogP contribution in [0.25, 0.3) is 0 Å². The third kappa shape index (κ3) is 4.85. The van der Waals surface area contributed by atoms with Crippen LogP contribution in [0.4, 0.5) is 4.79 Å². The molecular weight excluding hydrogens is 268 g/mol. The van der Waals surface area contributed by atoms with E-state index in [0.29, 0.717) is 0 Å². The lowest BCUT2D eigenvalue weighted by Crippen LogP contribution is -2.50. The van der Waals surface area contributed by atoms with Gasteiger partial charge in [0.15, 0.2) is 0 Å². The Bertz CT molecular complexity index is 361. The SMILES string of the molecule is CC(C)(C)OC(=O)N1CCCCC1CNCC1(CO)CC1. The quantitative estimate of drug-likeness (QED) is 0.816. The molecule has 21 heavy (non-hydrogen) atoms. The Morgan fingerprint density at radius 3 is 2.67 bits per heavy atom. The van der Waals surface area contributed by atoms with Gasteiger partial charge in [-0.1, -0.05) is 0 Å². The zero-order chi connectivity index (χ0) is 15.5. The van der Waals surface area contributed by atoms with E-state index in [-0.39, 0.29) is 24.2 Å². The molecular formula is C16H30N2O3. The molecule has 0 aromatic rings. The van der Waals surface area contributed by atoms with E-state index in [1.54, 1.807) is 0 Å². The van der Waals surface area contributed by atoms with E-state index in [0.717, 1.165) is 51.7 Å². The Morgan fingerprint density at radius 1 is 1.38 bits per heavy atom. The third-order valence-electron chi connectivity index (χ3n) is 4.43. The molecule has 0 aromatic carbocycles. The number of rotatable bonds is 5. The van der Waals surface area contributed by atoms with Gasteiger partial charge >= 0.3 is 6.09 Å². The summed E-state index contributed by atoms with van der Waals surface area (Å²) in [7, 11) is 0. The van der Waals surface area contributed by atoms with Gasteiger partial charge in [-0.3, -0.25) is 0 Å². The molecule has 1 amide bonds. The molecule has 0 radical (unpaired) electrons. The average molecular weight is 298 g/mol. The predicted molar refractivity (Wildman–Crippen MR) is 82.2 cm³/mol. The molecule has 2 aliphatic rings. The first kappa shape index (κ1) is 16.6. The van der Waals surface area contributed by atoms with Crippen LogP contribution < -0.4 is 5.32 Å². The Balaban J connectivity index is 1.82. The molecule has 0 aromatic heterocycles. The van der Waals surface area contributed by atoms with E-state index in [1.807, 2.05) is 25.7 Å². The monoisotopic (exact) mass is 298 g/mol. The summed E-state index contributed by atoms with van der Waals surface area (Å²) in [5.41, 5.74) is -0.327. The lowest BCUT2D eigenvalue weighted by molar-refractivity contribution is 0.00976. The van der Waals surface area contributed by atoms with E-state index in [9.17, 15) is 9.90 Å². The maximum Gasteiger partial charge on any atom is 0.410 e. The number of carbonyl (C=O) groups is 1. The molecule has 1 atom stereocenters. The lowest BCUT2D eigenvalue weighted by Gasteiger charge is -2.37. The molecule has 2 N–H and O–H groups in total. The predicted octanol–water partition coefficient (Wildman–Crippen LogP) is 2.14. The van der Waals surface area contributed by atoms with Gasteiger partial charge in [0.25, 0.3) is 0 Å². The molecule has 1 aliphatic carbocycles. The van der Waals surface area contributed by atoms with Crippen molar-refractivity contribution in [1.29, 1.82) is 0 Å². The number of hydrogen-bond acceptors (Lipinski definition) is 4. The van der Waals surface area contributed by atoms with Crippen molar-refractivity contribution in [1.82, 2.24) is 10.2 Å². The van der Waals surface area contributed by atoms with Gasteiger partial charge in [-0.15, -0.1) is 0 Å². The maximum absolute atomic E-state index is 12.3. The Morgan fingerprint density at radius 2 is 2.10 bits per heavy atom. The van der Waals surface area contributed by atoms with Crippen LogP contribution in [0.15, 0.2) is 0 Å². The molecule has 2 rings (SSSR count). The zero-order valence-corrected chi connectivity index (χ0v) is 13.7. The first-order chi connectivity index (χ1) is 9.85. The summed E-state index contributed by atoms with van der Waals surface area (Å²) < 4.78 is 5.51. The summed E-state index contributed by atoms with van der Waals surface area (Å²) in [4.78, 5) is 14.2. The van der Waals surface area contributed by atoms with Crippen LogP contribution in [0.5, 0.6) is 0 Å². The number of nitrogens with zero attached hydrogens (tertiary/aromatic N) is 1. The largest absolute Gasteiger partial charge is 0.444 e. The van der Waals surface area contributed by atoms with E-state index in [1.165, 1.54) is 0 Å². The number of likely N-dealkylation sites (tertiary alicyclic amines) is 1. The second-order valence-electron chi connectivity index (χ2n) is 7.61. The van der Waals surface area contributed by atoms with Crippen LogP contribution in [0.1, 0.15) is 52.9 Å². The summed E-state index contributed by atoms with van der Waals surface area (Å²) >= 11 is 0. The van der Waals surface area contributed by atoms with Gasteiger partial charge in [0.1, 0.15) is 5.60 Å². The number of amides is 1. The molecule has 122 valence electrons. The molecule has 1 heterocycles. The van der Waals surface area contributed by atoms with E-state index < -0.39 is 5.60 Å². The van der Waals surface area contributed by atoms with Crippen LogP contribution in [0.3, 0.4) is 0 Å². The van der Waals surface area contributed by atoms with E-state index in [2.05, 4.69) is 5.32 Å². The summed E-state index contributed by atoms with van der Waals surface area (Å²) in [5.74, 6) is 0. The van der Waals surface area contributed by atoms with Crippen molar-refractivity contribution in [2.24, 2.45) is 5.41 Å². The Hall–Kier alpha value is -0.810. The minimum atomic E-state index is -0.443. The lowest BCUT2D eigenvalue weighted by atomic mass is 10.0. The number of carbonyl (C=O) groups excluding carboxylic acids is 1. The van der Waals surface area contributed by atoms with Gasteiger partial charge in [0.05, 0.1) is 0 Å². The van der Waals surface area contributed by atoms with Crippen LogP contribution in [0.2, 0.25) is 0 Å². The van der Waals surface area contributed by atoms with Crippen molar-refractivity contribution in [3.8, 4) is 0 Å². The number of aliphatic hydroxyl groups excluding tert-OH is 1. The third-order valence-corrected chi connectivity index (χ3v) is 4.43. The highest BCUT2D eigenvalue weighted by molar-refractivity contribution is 5.68. The molecule has 1 saturated heterocycles. The second kappa shape index (κ2) is 6.53. The van der Waals surface area contributed by atoms with Gasteiger partial charge in [-0.25, -0.2) is 4.79 Å². The van der Waals surface area contributed by atoms with Gasteiger partial charge in [-0.05, 0) is 52.9 Å². The first-order valence-electron chi connectivity index (χ1n) is 8.16. The Kier molecular flexibility index (Phi) is 5.15. The number of aliphatic hydroxyl groups is 1. The summed E-state index contributed by atoms with van der Waals surface area (Å²) in [6.45, 7) is 8.40. The van der Waals surface area contributed by atoms with E-state index in [4.69, 9.17) is 4.74 Å². The molecule has 0 spiro atoms.